The number of sulfonamides is 1. The maximum absolute atomic E-state index is 11.3. The number of guanidine groups is 1. The van der Waals surface area contributed by atoms with Gasteiger partial charge in [0.25, 0.3) is 0 Å². The molecule has 0 saturated carbocycles. The first kappa shape index (κ1) is 18.2. The molecule has 7 nitrogen and oxygen atoms in total. The van der Waals surface area contributed by atoms with Crippen molar-refractivity contribution in [2.45, 2.75) is 17.3 Å². The fourth-order valence-electron chi connectivity index (χ4n) is 1.97. The zero-order valence-corrected chi connectivity index (χ0v) is 15.1. The number of hydrogen-bond acceptors (Lipinski definition) is 5. The molecule has 2 rings (SSSR count). The van der Waals surface area contributed by atoms with Crippen LogP contribution in [0.4, 0.5) is 0 Å². The third-order valence-electron chi connectivity index (χ3n) is 3.17. The summed E-state index contributed by atoms with van der Waals surface area (Å²) in [6, 6.07) is 11.0. The fraction of sp³-hybridized carbons (Fsp3) is 0.267. The highest BCUT2D eigenvalue weighted by Gasteiger charge is 2.11. The molecule has 0 amide bonds. The molecule has 0 spiro atoms. The lowest BCUT2D eigenvalue weighted by molar-refractivity contribution is 0.414. The normalized spacial score (nSPS) is 12.0. The number of nitrogens with two attached hydrogens (primary N) is 1. The van der Waals surface area contributed by atoms with E-state index in [0.717, 1.165) is 27.5 Å². The molecular weight excluding hydrogens is 348 g/mol. The Bertz CT molecular complexity index is 816. The van der Waals surface area contributed by atoms with E-state index >= 15 is 0 Å². The van der Waals surface area contributed by atoms with Crippen LogP contribution in [0, 0.1) is 0 Å². The Hall–Kier alpha value is -2.10. The number of ether oxygens (including phenoxy) is 1. The second kappa shape index (κ2) is 8.13. The van der Waals surface area contributed by atoms with Crippen LogP contribution in [0.1, 0.15) is 10.4 Å². The summed E-state index contributed by atoms with van der Waals surface area (Å²) < 4.78 is 27.9. The van der Waals surface area contributed by atoms with Gasteiger partial charge >= 0.3 is 0 Å². The first-order valence-electron chi connectivity index (χ1n) is 7.11. The Labute approximate surface area is 145 Å². The number of aliphatic imine (C=N–C) groups is 1. The van der Waals surface area contributed by atoms with Gasteiger partial charge in [0.05, 0.1) is 13.7 Å². The third kappa shape index (κ3) is 5.22. The lowest BCUT2D eigenvalue weighted by Crippen LogP contribution is -2.36. The second-order valence-electron chi connectivity index (χ2n) is 4.90. The molecule has 130 valence electrons. The highest BCUT2D eigenvalue weighted by molar-refractivity contribution is 7.91. The van der Waals surface area contributed by atoms with Crippen molar-refractivity contribution in [3.63, 3.8) is 0 Å². The van der Waals surface area contributed by atoms with E-state index < -0.39 is 10.0 Å². The summed E-state index contributed by atoms with van der Waals surface area (Å²) in [5.74, 6) is 1.41. The van der Waals surface area contributed by atoms with Crippen molar-refractivity contribution in [2.24, 2.45) is 10.1 Å². The minimum Gasteiger partial charge on any atom is -0.497 e. The summed E-state index contributed by atoms with van der Waals surface area (Å²) in [6.07, 6.45) is 0. The van der Waals surface area contributed by atoms with Crippen molar-refractivity contribution >= 4 is 27.3 Å². The van der Waals surface area contributed by atoms with E-state index in [1.807, 2.05) is 24.3 Å². The van der Waals surface area contributed by atoms with E-state index in [4.69, 9.17) is 9.88 Å². The summed E-state index contributed by atoms with van der Waals surface area (Å²) in [5.41, 5.74) is 1.06. The first-order valence-corrected chi connectivity index (χ1v) is 9.47. The molecule has 24 heavy (non-hydrogen) atoms. The van der Waals surface area contributed by atoms with Crippen molar-refractivity contribution in [1.82, 2.24) is 10.6 Å². The van der Waals surface area contributed by atoms with Gasteiger partial charge in [0, 0.05) is 18.5 Å². The number of benzene rings is 1. The van der Waals surface area contributed by atoms with Crippen LogP contribution in [0.15, 0.2) is 45.6 Å². The van der Waals surface area contributed by atoms with Crippen molar-refractivity contribution in [3.8, 4) is 5.75 Å². The molecular formula is C15H20N4O3S2. The Balaban J connectivity index is 1.89. The molecule has 0 aliphatic carbocycles. The molecule has 4 N–H and O–H groups in total. The molecule has 1 aromatic carbocycles. The van der Waals surface area contributed by atoms with Gasteiger partial charge in [-0.1, -0.05) is 12.1 Å². The van der Waals surface area contributed by atoms with Crippen LogP contribution in [-0.4, -0.2) is 28.5 Å². The van der Waals surface area contributed by atoms with Gasteiger partial charge in [-0.15, -0.1) is 11.3 Å². The first-order chi connectivity index (χ1) is 11.4. The highest BCUT2D eigenvalue weighted by atomic mass is 32.2. The Morgan fingerprint density at radius 2 is 2.00 bits per heavy atom. The molecule has 1 aromatic heterocycles. The molecule has 0 fully saturated rings. The van der Waals surface area contributed by atoms with E-state index in [1.54, 1.807) is 20.2 Å². The Morgan fingerprint density at radius 1 is 1.25 bits per heavy atom. The van der Waals surface area contributed by atoms with Gasteiger partial charge in [0.15, 0.2) is 5.96 Å². The van der Waals surface area contributed by atoms with Crippen molar-refractivity contribution in [1.29, 1.82) is 0 Å². The monoisotopic (exact) mass is 368 g/mol. The van der Waals surface area contributed by atoms with Gasteiger partial charge < -0.3 is 15.4 Å². The molecule has 0 saturated heterocycles. The molecule has 1 heterocycles. The van der Waals surface area contributed by atoms with Crippen LogP contribution in [0.2, 0.25) is 0 Å². The third-order valence-corrected chi connectivity index (χ3v) is 5.69. The zero-order valence-electron chi connectivity index (χ0n) is 13.4. The number of methoxy groups -OCH3 is 1. The standard InChI is InChI=1S/C15H20N4O3S2/c1-17-15(18-9-11-4-3-5-12(8-11)22-2)19-10-13-6-7-14(23-13)24(16,20)21/h3-8H,9-10H2,1-2H3,(H2,16,20,21)(H2,17,18,19). The zero-order chi connectivity index (χ0) is 17.6. The van der Waals surface area contributed by atoms with Gasteiger partial charge in [0.2, 0.25) is 10.0 Å². The Morgan fingerprint density at radius 3 is 2.62 bits per heavy atom. The average molecular weight is 368 g/mol. The number of nitrogens with one attached hydrogen (secondary N) is 2. The van der Waals surface area contributed by atoms with Crippen LogP contribution in [0.25, 0.3) is 0 Å². The van der Waals surface area contributed by atoms with E-state index in [2.05, 4.69) is 15.6 Å². The lowest BCUT2D eigenvalue weighted by atomic mass is 10.2. The van der Waals surface area contributed by atoms with E-state index in [9.17, 15) is 8.42 Å². The Kier molecular flexibility index (Phi) is 6.18. The number of rotatable bonds is 6. The maximum atomic E-state index is 11.3. The molecule has 0 aliphatic heterocycles. The van der Waals surface area contributed by atoms with Crippen molar-refractivity contribution in [3.05, 3.63) is 46.8 Å². The summed E-state index contributed by atoms with van der Waals surface area (Å²) in [5, 5.41) is 11.4. The van der Waals surface area contributed by atoms with E-state index in [1.165, 1.54) is 6.07 Å². The van der Waals surface area contributed by atoms with E-state index in [0.29, 0.717) is 19.0 Å². The maximum Gasteiger partial charge on any atom is 0.247 e. The predicted molar refractivity (Wildman–Crippen MR) is 95.7 cm³/mol. The molecule has 0 unspecified atom stereocenters. The number of primary sulfonamides is 1. The summed E-state index contributed by atoms with van der Waals surface area (Å²) >= 11 is 1.14. The summed E-state index contributed by atoms with van der Waals surface area (Å²) in [4.78, 5) is 4.99. The van der Waals surface area contributed by atoms with Crippen LogP contribution in [0.5, 0.6) is 5.75 Å². The van der Waals surface area contributed by atoms with Gasteiger partial charge in [-0.05, 0) is 29.8 Å². The molecule has 0 atom stereocenters. The van der Waals surface area contributed by atoms with Gasteiger partial charge in [-0.2, -0.15) is 0 Å². The minimum atomic E-state index is -3.65. The van der Waals surface area contributed by atoms with Crippen LogP contribution in [-0.2, 0) is 23.1 Å². The molecule has 9 heteroatoms. The molecule has 0 radical (unpaired) electrons. The quantitative estimate of drug-likeness (QED) is 0.526. The highest BCUT2D eigenvalue weighted by Crippen LogP contribution is 2.19. The van der Waals surface area contributed by atoms with E-state index in [-0.39, 0.29) is 4.21 Å². The summed E-state index contributed by atoms with van der Waals surface area (Å²) in [7, 11) is -0.345. The van der Waals surface area contributed by atoms with Crippen LogP contribution >= 0.6 is 11.3 Å². The predicted octanol–water partition coefficient (Wildman–Crippen LogP) is 1.27. The van der Waals surface area contributed by atoms with Gasteiger partial charge in [0.1, 0.15) is 9.96 Å². The van der Waals surface area contributed by atoms with Gasteiger partial charge in [-0.3, -0.25) is 4.99 Å². The number of hydrogen-bond donors (Lipinski definition) is 3. The minimum absolute atomic E-state index is 0.152. The topological polar surface area (TPSA) is 106 Å². The van der Waals surface area contributed by atoms with Crippen molar-refractivity contribution < 1.29 is 13.2 Å². The average Bonchev–Trinajstić information content (AvgIpc) is 3.04. The number of nitrogens with zero attached hydrogens (tertiary/aromatic N) is 1. The molecule has 0 aliphatic rings. The molecule has 2 aromatic rings. The van der Waals surface area contributed by atoms with Crippen LogP contribution in [0.3, 0.4) is 0 Å². The van der Waals surface area contributed by atoms with Crippen molar-refractivity contribution in [2.75, 3.05) is 14.2 Å². The second-order valence-corrected chi connectivity index (χ2v) is 7.85. The fourth-order valence-corrected chi connectivity index (χ4v) is 3.68. The SMILES string of the molecule is CN=C(NCc1cccc(OC)c1)NCc1ccc(S(N)(=O)=O)s1. The van der Waals surface area contributed by atoms with Crippen LogP contribution < -0.4 is 20.5 Å². The largest absolute Gasteiger partial charge is 0.497 e. The van der Waals surface area contributed by atoms with Gasteiger partial charge in [-0.25, -0.2) is 13.6 Å². The summed E-state index contributed by atoms with van der Waals surface area (Å²) in [6.45, 7) is 1.04. The smallest absolute Gasteiger partial charge is 0.247 e. The molecule has 0 bridgehead atoms. The number of thiophene rings is 1. The lowest BCUT2D eigenvalue weighted by Gasteiger charge is -2.11.